The molecule has 0 aromatic heterocycles. The van der Waals surface area contributed by atoms with Crippen molar-refractivity contribution in [3.63, 3.8) is 0 Å². The molecule has 0 aromatic rings. The molecular formula is C12H22N8O4. The number of carbonyl (C=O) groups is 4. The second-order valence-electron chi connectivity index (χ2n) is 5.36. The quantitative estimate of drug-likeness (QED) is 0.401. The molecule has 0 bridgehead atoms. The van der Waals surface area contributed by atoms with Gasteiger partial charge in [0.15, 0.2) is 0 Å². The lowest BCUT2D eigenvalue weighted by molar-refractivity contribution is 0.0461. The zero-order chi connectivity index (χ0) is 17.7. The van der Waals surface area contributed by atoms with Gasteiger partial charge < -0.3 is 31.9 Å². The van der Waals surface area contributed by atoms with Gasteiger partial charge in [0.05, 0.1) is 13.1 Å². The van der Waals surface area contributed by atoms with Crippen LogP contribution in [0.15, 0.2) is 0 Å². The van der Waals surface area contributed by atoms with Crippen molar-refractivity contribution in [3.05, 3.63) is 0 Å². The molecule has 8 amide bonds. The summed E-state index contributed by atoms with van der Waals surface area (Å²) < 4.78 is 0. The van der Waals surface area contributed by atoms with E-state index >= 15 is 0 Å². The molecule has 0 aliphatic carbocycles. The van der Waals surface area contributed by atoms with Crippen LogP contribution < -0.4 is 22.1 Å². The minimum atomic E-state index is -0.862. The number of primary amides is 2. The standard InChI is InChI=1S/C12H22N8O4/c13-9(21)19(7-5-17-3-1-15-11(17)23)20(10(14)22)8-6-18-4-2-16-12(18)24/h1-8H2,(H2,13,21)(H2,14,22)(H,15,23)(H,16,24). The number of carbonyl (C=O) groups excluding carboxylic acids is 4. The van der Waals surface area contributed by atoms with Gasteiger partial charge >= 0.3 is 24.1 Å². The SMILES string of the molecule is NC(=O)N(CCN1CCNC1=O)N(CCN1CCNC1=O)C(N)=O. The zero-order valence-electron chi connectivity index (χ0n) is 13.2. The minimum absolute atomic E-state index is 0.0257. The average Bonchev–Trinajstić information content (AvgIpc) is 3.10. The molecule has 0 unspecified atom stereocenters. The number of nitrogens with one attached hydrogen (secondary N) is 2. The van der Waals surface area contributed by atoms with Crippen molar-refractivity contribution in [2.24, 2.45) is 11.5 Å². The molecule has 12 nitrogen and oxygen atoms in total. The predicted octanol–water partition coefficient (Wildman–Crippen LogP) is -2.29. The normalized spacial score (nSPS) is 16.8. The highest BCUT2D eigenvalue weighted by Gasteiger charge is 2.27. The summed E-state index contributed by atoms with van der Waals surface area (Å²) in [5.74, 6) is 0. The Balaban J connectivity index is 1.95. The van der Waals surface area contributed by atoms with E-state index in [9.17, 15) is 19.2 Å². The molecule has 0 radical (unpaired) electrons. The van der Waals surface area contributed by atoms with Gasteiger partial charge in [0, 0.05) is 39.3 Å². The molecule has 6 N–H and O–H groups in total. The Morgan fingerprint density at radius 3 is 1.50 bits per heavy atom. The number of hydrogen-bond acceptors (Lipinski definition) is 4. The summed E-state index contributed by atoms with van der Waals surface area (Å²) in [5.41, 5.74) is 10.7. The molecule has 0 atom stereocenters. The number of urea groups is 4. The molecule has 2 aliphatic rings. The maximum absolute atomic E-state index is 11.7. The highest BCUT2D eigenvalue weighted by Crippen LogP contribution is 2.04. The highest BCUT2D eigenvalue weighted by molar-refractivity contribution is 5.79. The van der Waals surface area contributed by atoms with Crippen LogP contribution in [-0.4, -0.2) is 96.3 Å². The van der Waals surface area contributed by atoms with E-state index in [-0.39, 0.29) is 38.2 Å². The molecule has 0 aromatic carbocycles. The molecule has 24 heavy (non-hydrogen) atoms. The fourth-order valence-electron chi connectivity index (χ4n) is 2.58. The van der Waals surface area contributed by atoms with Gasteiger partial charge in [-0.15, -0.1) is 0 Å². The second-order valence-corrected chi connectivity index (χ2v) is 5.36. The predicted molar refractivity (Wildman–Crippen MR) is 82.5 cm³/mol. The smallest absolute Gasteiger partial charge is 0.333 e. The molecule has 2 fully saturated rings. The first-order chi connectivity index (χ1) is 11.4. The molecule has 2 saturated heterocycles. The number of nitrogens with two attached hydrogens (primary N) is 2. The van der Waals surface area contributed by atoms with E-state index in [4.69, 9.17) is 11.5 Å². The molecular weight excluding hydrogens is 320 g/mol. The summed E-state index contributed by atoms with van der Waals surface area (Å²) in [6.45, 7) is 2.55. The van der Waals surface area contributed by atoms with E-state index < -0.39 is 12.1 Å². The summed E-state index contributed by atoms with van der Waals surface area (Å²) in [7, 11) is 0. The third kappa shape index (κ3) is 4.08. The first-order valence-electron chi connectivity index (χ1n) is 7.59. The summed E-state index contributed by atoms with van der Waals surface area (Å²) in [4.78, 5) is 49.4. The van der Waals surface area contributed by atoms with Crippen molar-refractivity contribution in [1.82, 2.24) is 30.5 Å². The number of rotatable bonds is 6. The van der Waals surface area contributed by atoms with Crippen LogP contribution in [0.25, 0.3) is 0 Å². The van der Waals surface area contributed by atoms with Gasteiger partial charge in [-0.3, -0.25) is 0 Å². The van der Waals surface area contributed by atoms with Gasteiger partial charge in [0.25, 0.3) is 0 Å². The van der Waals surface area contributed by atoms with Crippen LogP contribution in [0.3, 0.4) is 0 Å². The Hall–Kier alpha value is -2.92. The molecule has 0 spiro atoms. The fraction of sp³-hybridized carbons (Fsp3) is 0.667. The van der Waals surface area contributed by atoms with Crippen LogP contribution >= 0.6 is 0 Å². The van der Waals surface area contributed by atoms with Crippen LogP contribution in [0, 0.1) is 0 Å². The first-order valence-corrected chi connectivity index (χ1v) is 7.59. The minimum Gasteiger partial charge on any atom is -0.350 e. The van der Waals surface area contributed by atoms with Crippen LogP contribution in [0.1, 0.15) is 0 Å². The maximum Gasteiger partial charge on any atom is 0.333 e. The van der Waals surface area contributed by atoms with Crippen LogP contribution in [-0.2, 0) is 0 Å². The van der Waals surface area contributed by atoms with Crippen molar-refractivity contribution < 1.29 is 19.2 Å². The lowest BCUT2D eigenvalue weighted by atomic mass is 10.4. The summed E-state index contributed by atoms with van der Waals surface area (Å²) in [6.07, 6.45) is 0. The maximum atomic E-state index is 11.7. The van der Waals surface area contributed by atoms with Gasteiger partial charge in [0.1, 0.15) is 0 Å². The lowest BCUT2D eigenvalue weighted by Gasteiger charge is -2.34. The zero-order valence-corrected chi connectivity index (χ0v) is 13.2. The molecule has 134 valence electrons. The van der Waals surface area contributed by atoms with Gasteiger partial charge in [-0.2, -0.15) is 0 Å². The summed E-state index contributed by atoms with van der Waals surface area (Å²) in [6, 6.07) is -2.20. The summed E-state index contributed by atoms with van der Waals surface area (Å²) in [5, 5.41) is 7.25. The number of amides is 8. The first kappa shape index (κ1) is 17.4. The Kier molecular flexibility index (Phi) is 5.50. The van der Waals surface area contributed by atoms with Crippen LogP contribution in [0.2, 0.25) is 0 Å². The Morgan fingerprint density at radius 2 is 1.25 bits per heavy atom. The van der Waals surface area contributed by atoms with E-state index in [2.05, 4.69) is 10.6 Å². The highest BCUT2D eigenvalue weighted by atomic mass is 16.2. The number of nitrogens with zero attached hydrogens (tertiary/aromatic N) is 4. The van der Waals surface area contributed by atoms with E-state index in [1.807, 2.05) is 0 Å². The van der Waals surface area contributed by atoms with Crippen molar-refractivity contribution in [3.8, 4) is 0 Å². The van der Waals surface area contributed by atoms with E-state index in [0.29, 0.717) is 26.2 Å². The van der Waals surface area contributed by atoms with E-state index in [1.54, 1.807) is 0 Å². The molecule has 0 saturated carbocycles. The van der Waals surface area contributed by atoms with Gasteiger partial charge in [0.2, 0.25) is 0 Å². The van der Waals surface area contributed by atoms with Crippen LogP contribution in [0.4, 0.5) is 19.2 Å². The van der Waals surface area contributed by atoms with E-state index in [1.165, 1.54) is 9.80 Å². The van der Waals surface area contributed by atoms with Crippen molar-refractivity contribution in [1.29, 1.82) is 0 Å². The van der Waals surface area contributed by atoms with Gasteiger partial charge in [-0.05, 0) is 0 Å². The Morgan fingerprint density at radius 1 is 0.875 bits per heavy atom. The van der Waals surface area contributed by atoms with Crippen molar-refractivity contribution in [2.45, 2.75) is 0 Å². The molecule has 2 heterocycles. The third-order valence-electron chi connectivity index (χ3n) is 3.85. The van der Waals surface area contributed by atoms with E-state index in [0.717, 1.165) is 10.0 Å². The summed E-state index contributed by atoms with van der Waals surface area (Å²) >= 11 is 0. The largest absolute Gasteiger partial charge is 0.350 e. The Labute approximate surface area is 138 Å². The van der Waals surface area contributed by atoms with Gasteiger partial charge in [-0.25, -0.2) is 29.2 Å². The fourth-order valence-corrected chi connectivity index (χ4v) is 2.58. The monoisotopic (exact) mass is 342 g/mol. The van der Waals surface area contributed by atoms with Crippen LogP contribution in [0.5, 0.6) is 0 Å². The van der Waals surface area contributed by atoms with Crippen molar-refractivity contribution >= 4 is 24.1 Å². The average molecular weight is 342 g/mol. The van der Waals surface area contributed by atoms with Crippen molar-refractivity contribution in [2.75, 3.05) is 52.4 Å². The second kappa shape index (κ2) is 7.57. The van der Waals surface area contributed by atoms with Gasteiger partial charge in [-0.1, -0.05) is 0 Å². The molecule has 12 heteroatoms. The molecule has 2 aliphatic heterocycles. The number of hydrogen-bond donors (Lipinski definition) is 4. The number of hydrazine groups is 1. The third-order valence-corrected chi connectivity index (χ3v) is 3.85. The topological polar surface area (TPSA) is 157 Å². The Bertz CT molecular complexity index is 481. The molecule has 2 rings (SSSR count). The lowest BCUT2D eigenvalue weighted by Crippen LogP contribution is -2.57.